The van der Waals surface area contributed by atoms with Gasteiger partial charge in [0.25, 0.3) is 0 Å². The van der Waals surface area contributed by atoms with E-state index in [0.29, 0.717) is 17.2 Å². The molecule has 4 nitrogen and oxygen atoms in total. The molecule has 0 saturated carbocycles. The van der Waals surface area contributed by atoms with Crippen molar-refractivity contribution < 1.29 is 14.6 Å². The van der Waals surface area contributed by atoms with Crippen LogP contribution in [0.25, 0.3) is 6.08 Å². The van der Waals surface area contributed by atoms with E-state index in [-0.39, 0.29) is 0 Å². The van der Waals surface area contributed by atoms with Crippen LogP contribution < -0.4 is 4.74 Å². The fourth-order valence-corrected chi connectivity index (χ4v) is 1.81. The molecule has 1 heterocycles. The summed E-state index contributed by atoms with van der Waals surface area (Å²) >= 11 is 0. The molecule has 0 bridgehead atoms. The first kappa shape index (κ1) is 14.8. The topological polar surface area (TPSA) is 59.4 Å². The number of ether oxygens (including phenoxy) is 1. The molecule has 0 aliphatic heterocycles. The van der Waals surface area contributed by atoms with Gasteiger partial charge >= 0.3 is 5.97 Å². The zero-order chi connectivity index (χ0) is 15.2. The first-order chi connectivity index (χ1) is 10.0. The lowest BCUT2D eigenvalue weighted by Gasteiger charge is -2.08. The molecule has 0 unspecified atom stereocenters. The monoisotopic (exact) mass is 283 g/mol. The summed E-state index contributed by atoms with van der Waals surface area (Å²) < 4.78 is 5.72. The maximum absolute atomic E-state index is 10.5. The molecule has 0 spiro atoms. The molecule has 0 atom stereocenters. The van der Waals surface area contributed by atoms with Crippen LogP contribution in [0.5, 0.6) is 11.5 Å². The SMILES string of the molecule is CC(C)c1ccc(Oc2cncc(/C=C/C(=O)O)c2)cc1. The zero-order valence-electron chi connectivity index (χ0n) is 12.0. The lowest BCUT2D eigenvalue weighted by molar-refractivity contribution is -0.131. The largest absolute Gasteiger partial charge is 0.478 e. The van der Waals surface area contributed by atoms with Gasteiger partial charge in [0.05, 0.1) is 6.20 Å². The third-order valence-electron chi connectivity index (χ3n) is 2.94. The van der Waals surface area contributed by atoms with Crippen molar-refractivity contribution in [3.8, 4) is 11.5 Å². The Morgan fingerprint density at radius 1 is 1.19 bits per heavy atom. The van der Waals surface area contributed by atoms with Crippen LogP contribution in [0.4, 0.5) is 0 Å². The second-order valence-electron chi connectivity index (χ2n) is 4.95. The lowest BCUT2D eigenvalue weighted by Crippen LogP contribution is -1.90. The number of hydrogen-bond donors (Lipinski definition) is 1. The van der Waals surface area contributed by atoms with Crippen LogP contribution in [0.2, 0.25) is 0 Å². The predicted molar refractivity (Wildman–Crippen MR) is 81.5 cm³/mol. The quantitative estimate of drug-likeness (QED) is 0.839. The van der Waals surface area contributed by atoms with Gasteiger partial charge in [0.15, 0.2) is 0 Å². The number of benzene rings is 1. The van der Waals surface area contributed by atoms with Crippen LogP contribution in [-0.2, 0) is 4.79 Å². The van der Waals surface area contributed by atoms with E-state index in [2.05, 4.69) is 18.8 Å². The van der Waals surface area contributed by atoms with Gasteiger partial charge in [-0.1, -0.05) is 26.0 Å². The average molecular weight is 283 g/mol. The first-order valence-electron chi connectivity index (χ1n) is 6.68. The summed E-state index contributed by atoms with van der Waals surface area (Å²) in [4.78, 5) is 14.5. The number of carbonyl (C=O) groups is 1. The van der Waals surface area contributed by atoms with E-state index in [1.165, 1.54) is 11.6 Å². The van der Waals surface area contributed by atoms with Gasteiger partial charge < -0.3 is 9.84 Å². The summed E-state index contributed by atoms with van der Waals surface area (Å²) in [6.45, 7) is 4.27. The Morgan fingerprint density at radius 2 is 1.90 bits per heavy atom. The second kappa shape index (κ2) is 6.70. The highest BCUT2D eigenvalue weighted by Gasteiger charge is 2.02. The Kier molecular flexibility index (Phi) is 4.72. The molecule has 1 N–H and O–H groups in total. The smallest absolute Gasteiger partial charge is 0.328 e. The maximum Gasteiger partial charge on any atom is 0.328 e. The highest BCUT2D eigenvalue weighted by atomic mass is 16.5. The van der Waals surface area contributed by atoms with E-state index in [1.54, 1.807) is 18.5 Å². The van der Waals surface area contributed by atoms with Gasteiger partial charge in [-0.15, -0.1) is 0 Å². The molecule has 21 heavy (non-hydrogen) atoms. The number of rotatable bonds is 5. The van der Waals surface area contributed by atoms with Crippen molar-refractivity contribution in [1.29, 1.82) is 0 Å². The van der Waals surface area contributed by atoms with Crippen molar-refractivity contribution >= 4 is 12.0 Å². The molecule has 0 aliphatic carbocycles. The number of carboxylic acid groups (broad SMARTS) is 1. The Hall–Kier alpha value is -2.62. The van der Waals surface area contributed by atoms with E-state index in [4.69, 9.17) is 9.84 Å². The van der Waals surface area contributed by atoms with Gasteiger partial charge in [0.2, 0.25) is 0 Å². The predicted octanol–water partition coefficient (Wildman–Crippen LogP) is 4.10. The molecule has 0 radical (unpaired) electrons. The third kappa shape index (κ3) is 4.45. The van der Waals surface area contributed by atoms with E-state index in [9.17, 15) is 4.79 Å². The van der Waals surface area contributed by atoms with E-state index < -0.39 is 5.97 Å². The lowest BCUT2D eigenvalue weighted by atomic mass is 10.0. The molecular formula is C17H17NO3. The molecule has 0 amide bonds. The van der Waals surface area contributed by atoms with Gasteiger partial charge in [-0.25, -0.2) is 4.79 Å². The van der Waals surface area contributed by atoms with Gasteiger partial charge in [-0.05, 0) is 41.3 Å². The van der Waals surface area contributed by atoms with E-state index in [1.807, 2.05) is 24.3 Å². The fourth-order valence-electron chi connectivity index (χ4n) is 1.81. The second-order valence-corrected chi connectivity index (χ2v) is 4.95. The first-order valence-corrected chi connectivity index (χ1v) is 6.68. The van der Waals surface area contributed by atoms with E-state index in [0.717, 1.165) is 11.8 Å². The van der Waals surface area contributed by atoms with Gasteiger partial charge in [0, 0.05) is 12.3 Å². The molecule has 2 rings (SSSR count). The number of carboxylic acids is 1. The number of hydrogen-bond acceptors (Lipinski definition) is 3. The Balaban J connectivity index is 2.12. The minimum absolute atomic E-state index is 0.477. The number of aromatic nitrogens is 1. The Bertz CT molecular complexity index is 645. The summed E-state index contributed by atoms with van der Waals surface area (Å²) in [5.41, 5.74) is 1.92. The Labute approximate surface area is 123 Å². The van der Waals surface area contributed by atoms with Crippen molar-refractivity contribution in [2.24, 2.45) is 0 Å². The average Bonchev–Trinajstić information content (AvgIpc) is 2.46. The molecular weight excluding hydrogens is 266 g/mol. The molecule has 0 aliphatic rings. The number of nitrogens with zero attached hydrogens (tertiary/aromatic N) is 1. The normalized spacial score (nSPS) is 11.0. The fraction of sp³-hybridized carbons (Fsp3) is 0.176. The van der Waals surface area contributed by atoms with Crippen LogP contribution in [-0.4, -0.2) is 16.1 Å². The molecule has 0 saturated heterocycles. The van der Waals surface area contributed by atoms with Crippen molar-refractivity contribution in [2.45, 2.75) is 19.8 Å². The van der Waals surface area contributed by atoms with Gasteiger partial charge in [-0.2, -0.15) is 0 Å². The molecule has 2 aromatic rings. The number of pyridine rings is 1. The summed E-state index contributed by atoms with van der Waals surface area (Å²) in [5.74, 6) is 0.774. The zero-order valence-corrected chi connectivity index (χ0v) is 12.0. The standard InChI is InChI=1S/C17H17NO3/c1-12(2)14-4-6-15(7-5-14)21-16-9-13(10-18-11-16)3-8-17(19)20/h3-12H,1-2H3,(H,19,20)/b8-3+. The molecule has 0 fully saturated rings. The van der Waals surface area contributed by atoms with Crippen molar-refractivity contribution in [3.05, 3.63) is 59.9 Å². The minimum Gasteiger partial charge on any atom is -0.478 e. The summed E-state index contributed by atoms with van der Waals surface area (Å²) in [6, 6.07) is 9.62. The number of aliphatic carboxylic acids is 1. The van der Waals surface area contributed by atoms with Crippen LogP contribution in [0.3, 0.4) is 0 Å². The van der Waals surface area contributed by atoms with Crippen LogP contribution in [0, 0.1) is 0 Å². The van der Waals surface area contributed by atoms with Crippen molar-refractivity contribution in [3.63, 3.8) is 0 Å². The van der Waals surface area contributed by atoms with Crippen LogP contribution >= 0.6 is 0 Å². The van der Waals surface area contributed by atoms with Crippen molar-refractivity contribution in [2.75, 3.05) is 0 Å². The molecule has 1 aromatic heterocycles. The van der Waals surface area contributed by atoms with Crippen molar-refractivity contribution in [1.82, 2.24) is 4.98 Å². The maximum atomic E-state index is 10.5. The highest BCUT2D eigenvalue weighted by Crippen LogP contribution is 2.24. The van der Waals surface area contributed by atoms with Gasteiger partial charge in [0.1, 0.15) is 11.5 Å². The summed E-state index contributed by atoms with van der Waals surface area (Å²) in [6.07, 6.45) is 5.71. The van der Waals surface area contributed by atoms with Crippen LogP contribution in [0.1, 0.15) is 30.9 Å². The van der Waals surface area contributed by atoms with Crippen LogP contribution in [0.15, 0.2) is 48.8 Å². The van der Waals surface area contributed by atoms with E-state index >= 15 is 0 Å². The highest BCUT2D eigenvalue weighted by molar-refractivity contribution is 5.85. The minimum atomic E-state index is -0.995. The Morgan fingerprint density at radius 3 is 2.52 bits per heavy atom. The summed E-state index contributed by atoms with van der Waals surface area (Å²) in [7, 11) is 0. The molecule has 1 aromatic carbocycles. The van der Waals surface area contributed by atoms with Gasteiger partial charge in [-0.3, -0.25) is 4.98 Å². The summed E-state index contributed by atoms with van der Waals surface area (Å²) in [5, 5.41) is 8.61. The third-order valence-corrected chi connectivity index (χ3v) is 2.94. The molecule has 4 heteroatoms. The molecule has 108 valence electrons.